The normalized spacial score (nSPS) is 25.8. The number of ether oxygens (including phenoxy) is 1. The molecule has 1 saturated carbocycles. The van der Waals surface area contributed by atoms with Crippen LogP contribution in [0.1, 0.15) is 65.2 Å². The van der Waals surface area contributed by atoms with Gasteiger partial charge in [0.2, 0.25) is 0 Å². The summed E-state index contributed by atoms with van der Waals surface area (Å²) in [5.74, 6) is 0.846. The minimum Gasteiger partial charge on any atom is -0.381 e. The summed E-state index contributed by atoms with van der Waals surface area (Å²) in [7, 11) is 0. The zero-order valence-electron chi connectivity index (χ0n) is 11.8. The van der Waals surface area contributed by atoms with E-state index in [-0.39, 0.29) is 0 Å². The molecule has 1 fully saturated rings. The second-order valence-electron chi connectivity index (χ2n) is 5.32. The summed E-state index contributed by atoms with van der Waals surface area (Å²) in [5.41, 5.74) is 0. The van der Waals surface area contributed by atoms with Crippen molar-refractivity contribution in [2.75, 3.05) is 19.8 Å². The first-order chi connectivity index (χ1) is 8.38. The average Bonchev–Trinajstić information content (AvgIpc) is 2.55. The Balaban J connectivity index is 2.20. The van der Waals surface area contributed by atoms with E-state index in [4.69, 9.17) is 4.74 Å². The third kappa shape index (κ3) is 6.42. The molecule has 102 valence electrons. The summed E-state index contributed by atoms with van der Waals surface area (Å²) >= 11 is 0. The summed E-state index contributed by atoms with van der Waals surface area (Å²) in [6, 6.07) is 0.747. The van der Waals surface area contributed by atoms with Crippen LogP contribution in [0.25, 0.3) is 0 Å². The minimum absolute atomic E-state index is 0.747. The van der Waals surface area contributed by atoms with Crippen molar-refractivity contribution in [3.05, 3.63) is 0 Å². The minimum atomic E-state index is 0.747. The van der Waals surface area contributed by atoms with Crippen LogP contribution in [-0.2, 0) is 4.74 Å². The van der Waals surface area contributed by atoms with E-state index in [1.807, 2.05) is 0 Å². The fourth-order valence-electron chi connectivity index (χ4n) is 2.84. The van der Waals surface area contributed by atoms with E-state index in [0.717, 1.165) is 31.7 Å². The average molecular weight is 241 g/mol. The van der Waals surface area contributed by atoms with Gasteiger partial charge in [0, 0.05) is 19.3 Å². The Kier molecular flexibility index (Phi) is 8.72. The lowest BCUT2D eigenvalue weighted by Crippen LogP contribution is -2.36. The molecule has 0 aliphatic heterocycles. The predicted molar refractivity (Wildman–Crippen MR) is 74.4 cm³/mol. The Morgan fingerprint density at radius 3 is 2.65 bits per heavy atom. The van der Waals surface area contributed by atoms with Gasteiger partial charge in [0.1, 0.15) is 0 Å². The van der Waals surface area contributed by atoms with Crippen LogP contribution in [0.5, 0.6) is 0 Å². The van der Waals surface area contributed by atoms with E-state index in [1.165, 1.54) is 51.4 Å². The lowest BCUT2D eigenvalue weighted by molar-refractivity contribution is 0.110. The first-order valence-corrected chi connectivity index (χ1v) is 7.69. The third-order valence-electron chi connectivity index (χ3n) is 3.90. The third-order valence-corrected chi connectivity index (χ3v) is 3.90. The maximum Gasteiger partial charge on any atom is 0.0469 e. The first kappa shape index (κ1) is 15.0. The van der Waals surface area contributed by atoms with Gasteiger partial charge in [-0.3, -0.25) is 0 Å². The van der Waals surface area contributed by atoms with E-state index in [9.17, 15) is 0 Å². The highest BCUT2D eigenvalue weighted by molar-refractivity contribution is 4.79. The highest BCUT2D eigenvalue weighted by atomic mass is 16.5. The molecule has 0 bridgehead atoms. The van der Waals surface area contributed by atoms with Gasteiger partial charge < -0.3 is 10.1 Å². The number of hydrogen-bond donors (Lipinski definition) is 1. The summed E-state index contributed by atoms with van der Waals surface area (Å²) in [6.45, 7) is 7.47. The molecule has 2 nitrogen and oxygen atoms in total. The van der Waals surface area contributed by atoms with Crippen LogP contribution in [-0.4, -0.2) is 25.8 Å². The van der Waals surface area contributed by atoms with Crippen LogP contribution in [0.4, 0.5) is 0 Å². The van der Waals surface area contributed by atoms with E-state index >= 15 is 0 Å². The highest BCUT2D eigenvalue weighted by Gasteiger charge is 2.22. The SMILES string of the molecule is CCCCOCCC1CCCCCC1NCC. The molecule has 0 aromatic rings. The smallest absolute Gasteiger partial charge is 0.0469 e. The molecule has 0 amide bonds. The first-order valence-electron chi connectivity index (χ1n) is 7.69. The molecule has 2 atom stereocenters. The summed E-state index contributed by atoms with van der Waals surface area (Å²) in [6.07, 6.45) is 10.7. The molecule has 0 aromatic heterocycles. The molecule has 0 aromatic carbocycles. The highest BCUT2D eigenvalue weighted by Crippen LogP contribution is 2.26. The number of rotatable bonds is 8. The van der Waals surface area contributed by atoms with Crippen molar-refractivity contribution in [2.24, 2.45) is 5.92 Å². The van der Waals surface area contributed by atoms with E-state index in [2.05, 4.69) is 19.2 Å². The Morgan fingerprint density at radius 1 is 1.06 bits per heavy atom. The standard InChI is InChI=1S/C15H31NO/c1-3-5-12-17-13-11-14-9-7-6-8-10-15(14)16-4-2/h14-16H,3-13H2,1-2H3. The van der Waals surface area contributed by atoms with Crippen molar-refractivity contribution in [1.29, 1.82) is 0 Å². The molecule has 1 aliphatic rings. The molecule has 2 unspecified atom stereocenters. The fraction of sp³-hybridized carbons (Fsp3) is 1.00. The van der Waals surface area contributed by atoms with Gasteiger partial charge in [-0.25, -0.2) is 0 Å². The van der Waals surface area contributed by atoms with Gasteiger partial charge in [-0.15, -0.1) is 0 Å². The van der Waals surface area contributed by atoms with Gasteiger partial charge in [0.15, 0.2) is 0 Å². The Morgan fingerprint density at radius 2 is 1.88 bits per heavy atom. The molecule has 2 heteroatoms. The van der Waals surface area contributed by atoms with E-state index < -0.39 is 0 Å². The Bertz CT molecular complexity index is 172. The maximum atomic E-state index is 5.72. The van der Waals surface area contributed by atoms with Crippen LogP contribution < -0.4 is 5.32 Å². The summed E-state index contributed by atoms with van der Waals surface area (Å²) < 4.78 is 5.72. The van der Waals surface area contributed by atoms with Crippen LogP contribution in [0.2, 0.25) is 0 Å². The zero-order chi connectivity index (χ0) is 12.3. The topological polar surface area (TPSA) is 21.3 Å². The van der Waals surface area contributed by atoms with Crippen LogP contribution in [0, 0.1) is 5.92 Å². The maximum absolute atomic E-state index is 5.72. The van der Waals surface area contributed by atoms with Crippen LogP contribution in [0.15, 0.2) is 0 Å². The largest absolute Gasteiger partial charge is 0.381 e. The van der Waals surface area contributed by atoms with E-state index in [0.29, 0.717) is 0 Å². The molecule has 0 saturated heterocycles. The number of unbranched alkanes of at least 4 members (excludes halogenated alkanes) is 1. The lowest BCUT2D eigenvalue weighted by atomic mass is 9.92. The van der Waals surface area contributed by atoms with Crippen molar-refractivity contribution >= 4 is 0 Å². The van der Waals surface area contributed by atoms with Crippen molar-refractivity contribution in [3.63, 3.8) is 0 Å². The molecular formula is C15H31NO. The summed E-state index contributed by atoms with van der Waals surface area (Å²) in [5, 5.41) is 3.67. The van der Waals surface area contributed by atoms with Gasteiger partial charge in [-0.05, 0) is 38.1 Å². The molecule has 1 N–H and O–H groups in total. The van der Waals surface area contributed by atoms with Crippen LogP contribution >= 0.6 is 0 Å². The van der Waals surface area contributed by atoms with Gasteiger partial charge in [0.05, 0.1) is 0 Å². The fourth-order valence-corrected chi connectivity index (χ4v) is 2.84. The van der Waals surface area contributed by atoms with Crippen molar-refractivity contribution < 1.29 is 4.74 Å². The molecule has 1 rings (SSSR count). The second kappa shape index (κ2) is 9.90. The Labute approximate surface area is 108 Å². The zero-order valence-corrected chi connectivity index (χ0v) is 11.8. The second-order valence-corrected chi connectivity index (χ2v) is 5.32. The molecular weight excluding hydrogens is 210 g/mol. The predicted octanol–water partition coefficient (Wildman–Crippen LogP) is 3.75. The molecule has 17 heavy (non-hydrogen) atoms. The van der Waals surface area contributed by atoms with Gasteiger partial charge in [-0.2, -0.15) is 0 Å². The lowest BCUT2D eigenvalue weighted by Gasteiger charge is -2.25. The Hall–Kier alpha value is -0.0800. The van der Waals surface area contributed by atoms with Crippen molar-refractivity contribution in [1.82, 2.24) is 5.32 Å². The quantitative estimate of drug-likeness (QED) is 0.516. The number of nitrogens with one attached hydrogen (secondary N) is 1. The van der Waals surface area contributed by atoms with Gasteiger partial charge in [0.25, 0.3) is 0 Å². The van der Waals surface area contributed by atoms with Crippen molar-refractivity contribution in [2.45, 2.75) is 71.3 Å². The molecule has 0 spiro atoms. The van der Waals surface area contributed by atoms with E-state index in [1.54, 1.807) is 0 Å². The van der Waals surface area contributed by atoms with Gasteiger partial charge in [-0.1, -0.05) is 39.5 Å². The summed E-state index contributed by atoms with van der Waals surface area (Å²) in [4.78, 5) is 0. The molecule has 0 heterocycles. The molecule has 0 radical (unpaired) electrons. The van der Waals surface area contributed by atoms with Gasteiger partial charge >= 0.3 is 0 Å². The monoisotopic (exact) mass is 241 g/mol. The van der Waals surface area contributed by atoms with Crippen molar-refractivity contribution in [3.8, 4) is 0 Å². The number of hydrogen-bond acceptors (Lipinski definition) is 2. The molecule has 1 aliphatic carbocycles. The van der Waals surface area contributed by atoms with Crippen LogP contribution in [0.3, 0.4) is 0 Å².